The minimum Gasteiger partial charge on any atom is -0.317 e. The number of nitrogens with two attached hydrogens (primary N) is 2. The highest BCUT2D eigenvalue weighted by Gasteiger charge is 2.33. The molecule has 0 aliphatic rings. The molecule has 2 rings (SSSR count). The zero-order chi connectivity index (χ0) is 14.4. The van der Waals surface area contributed by atoms with Crippen LogP contribution in [-0.2, 0) is 17.6 Å². The molecule has 2 aromatic carbocycles. The van der Waals surface area contributed by atoms with Crippen molar-refractivity contribution in [2.75, 3.05) is 0 Å². The third-order valence-electron chi connectivity index (χ3n) is 3.31. The van der Waals surface area contributed by atoms with Crippen LogP contribution < -0.4 is 17.0 Å². The first-order valence-corrected chi connectivity index (χ1v) is 6.52. The van der Waals surface area contributed by atoms with E-state index in [9.17, 15) is 4.79 Å². The Kier molecular flexibility index (Phi) is 4.50. The van der Waals surface area contributed by atoms with E-state index in [-0.39, 0.29) is 5.91 Å². The van der Waals surface area contributed by atoms with Crippen LogP contribution in [0.3, 0.4) is 0 Å². The first kappa shape index (κ1) is 14.2. The van der Waals surface area contributed by atoms with Gasteiger partial charge in [-0.3, -0.25) is 10.2 Å². The summed E-state index contributed by atoms with van der Waals surface area (Å²) in [6.07, 6.45) is 0.873. The van der Waals surface area contributed by atoms with Crippen molar-refractivity contribution in [3.05, 3.63) is 71.8 Å². The lowest BCUT2D eigenvalue weighted by molar-refractivity contribution is -0.126. The average molecular weight is 269 g/mol. The quantitative estimate of drug-likeness (QED) is 0.433. The smallest absolute Gasteiger partial charge is 0.254 e. The van der Waals surface area contributed by atoms with Gasteiger partial charge in [-0.05, 0) is 24.0 Å². The molecular formula is C16H19N3O. The molecule has 0 aromatic heterocycles. The third-order valence-corrected chi connectivity index (χ3v) is 3.31. The van der Waals surface area contributed by atoms with Crippen molar-refractivity contribution >= 4 is 5.91 Å². The Balaban J connectivity index is 2.24. The summed E-state index contributed by atoms with van der Waals surface area (Å²) >= 11 is 0. The standard InChI is InChI=1S/C16H19N3O/c17-16(15(20)19-18,11-13-7-3-1-4-8-13)12-14-9-5-2-6-10-14/h1-10H,11-12,17-18H2,(H,19,20). The van der Waals surface area contributed by atoms with Crippen molar-refractivity contribution in [2.24, 2.45) is 11.6 Å². The van der Waals surface area contributed by atoms with Crippen LogP contribution in [0.1, 0.15) is 11.1 Å². The molecule has 0 spiro atoms. The molecule has 2 aromatic rings. The van der Waals surface area contributed by atoms with Crippen LogP contribution in [0.25, 0.3) is 0 Å². The highest BCUT2D eigenvalue weighted by Crippen LogP contribution is 2.17. The molecule has 4 nitrogen and oxygen atoms in total. The topological polar surface area (TPSA) is 81.1 Å². The molecule has 5 N–H and O–H groups in total. The van der Waals surface area contributed by atoms with Gasteiger partial charge < -0.3 is 5.73 Å². The zero-order valence-corrected chi connectivity index (χ0v) is 11.3. The van der Waals surface area contributed by atoms with Gasteiger partial charge in [-0.2, -0.15) is 0 Å². The van der Waals surface area contributed by atoms with Crippen LogP contribution in [0.2, 0.25) is 0 Å². The van der Waals surface area contributed by atoms with E-state index < -0.39 is 5.54 Å². The van der Waals surface area contributed by atoms with E-state index in [2.05, 4.69) is 5.43 Å². The van der Waals surface area contributed by atoms with Gasteiger partial charge >= 0.3 is 0 Å². The van der Waals surface area contributed by atoms with Crippen LogP contribution in [-0.4, -0.2) is 11.4 Å². The Hall–Kier alpha value is -2.17. The number of benzene rings is 2. The summed E-state index contributed by atoms with van der Waals surface area (Å²) in [5.41, 5.74) is 9.47. The molecule has 0 aliphatic carbocycles. The van der Waals surface area contributed by atoms with Crippen molar-refractivity contribution in [1.29, 1.82) is 0 Å². The summed E-state index contributed by atoms with van der Waals surface area (Å²) in [6.45, 7) is 0. The molecule has 0 heterocycles. The Morgan fingerprint density at radius 1 is 0.900 bits per heavy atom. The lowest BCUT2D eigenvalue weighted by Crippen LogP contribution is -2.58. The number of carbonyl (C=O) groups excluding carboxylic acids is 1. The normalized spacial score (nSPS) is 11.1. The Labute approximate surface area is 118 Å². The number of hydrogen-bond acceptors (Lipinski definition) is 3. The van der Waals surface area contributed by atoms with Gasteiger partial charge in [0.1, 0.15) is 5.54 Å². The summed E-state index contributed by atoms with van der Waals surface area (Å²) in [4.78, 5) is 12.1. The van der Waals surface area contributed by atoms with E-state index in [1.165, 1.54) is 0 Å². The average Bonchev–Trinajstić information content (AvgIpc) is 2.48. The molecule has 1 amide bonds. The number of hydrogen-bond donors (Lipinski definition) is 3. The summed E-state index contributed by atoms with van der Waals surface area (Å²) < 4.78 is 0. The van der Waals surface area contributed by atoms with E-state index in [0.29, 0.717) is 12.8 Å². The van der Waals surface area contributed by atoms with Gasteiger partial charge in [0, 0.05) is 0 Å². The molecule has 20 heavy (non-hydrogen) atoms. The molecule has 0 unspecified atom stereocenters. The van der Waals surface area contributed by atoms with Crippen LogP contribution in [0.5, 0.6) is 0 Å². The van der Waals surface area contributed by atoms with Crippen LogP contribution in [0, 0.1) is 0 Å². The highest BCUT2D eigenvalue weighted by atomic mass is 16.2. The van der Waals surface area contributed by atoms with Crippen LogP contribution in [0.15, 0.2) is 60.7 Å². The Morgan fingerprint density at radius 3 is 1.65 bits per heavy atom. The Bertz CT molecular complexity index is 513. The molecular weight excluding hydrogens is 250 g/mol. The molecule has 0 bridgehead atoms. The highest BCUT2D eigenvalue weighted by molar-refractivity contribution is 5.86. The maximum Gasteiger partial charge on any atom is 0.254 e. The van der Waals surface area contributed by atoms with Crippen LogP contribution in [0.4, 0.5) is 0 Å². The van der Waals surface area contributed by atoms with E-state index in [1.54, 1.807) is 0 Å². The first-order chi connectivity index (χ1) is 9.64. The molecule has 0 saturated carbocycles. The molecule has 104 valence electrons. The van der Waals surface area contributed by atoms with Crippen molar-refractivity contribution in [2.45, 2.75) is 18.4 Å². The second-order valence-electron chi connectivity index (χ2n) is 4.95. The summed E-state index contributed by atoms with van der Waals surface area (Å²) in [7, 11) is 0. The van der Waals surface area contributed by atoms with E-state index >= 15 is 0 Å². The maximum absolute atomic E-state index is 12.1. The van der Waals surface area contributed by atoms with Gasteiger partial charge in [0.05, 0.1) is 0 Å². The molecule has 4 heteroatoms. The molecule has 0 aliphatic heterocycles. The van der Waals surface area contributed by atoms with Gasteiger partial charge in [0.15, 0.2) is 0 Å². The van der Waals surface area contributed by atoms with Crippen LogP contribution >= 0.6 is 0 Å². The molecule has 0 atom stereocenters. The van der Waals surface area contributed by atoms with Gasteiger partial charge in [-0.15, -0.1) is 0 Å². The fourth-order valence-corrected chi connectivity index (χ4v) is 2.29. The second kappa shape index (κ2) is 6.32. The maximum atomic E-state index is 12.1. The van der Waals surface area contributed by atoms with Crippen molar-refractivity contribution in [3.63, 3.8) is 0 Å². The number of amides is 1. The van der Waals surface area contributed by atoms with Gasteiger partial charge in [-0.1, -0.05) is 60.7 Å². The van der Waals surface area contributed by atoms with Gasteiger partial charge in [0.2, 0.25) is 0 Å². The summed E-state index contributed by atoms with van der Waals surface area (Å²) in [5.74, 6) is 4.93. The third kappa shape index (κ3) is 3.44. The zero-order valence-electron chi connectivity index (χ0n) is 11.3. The van der Waals surface area contributed by atoms with E-state index in [0.717, 1.165) is 11.1 Å². The Morgan fingerprint density at radius 2 is 1.30 bits per heavy atom. The number of rotatable bonds is 5. The van der Waals surface area contributed by atoms with E-state index in [1.807, 2.05) is 60.7 Å². The SMILES string of the molecule is NNC(=O)C(N)(Cc1ccccc1)Cc1ccccc1. The lowest BCUT2D eigenvalue weighted by Gasteiger charge is -2.27. The second-order valence-corrected chi connectivity index (χ2v) is 4.95. The molecule has 0 fully saturated rings. The minimum atomic E-state index is -1.06. The summed E-state index contributed by atoms with van der Waals surface area (Å²) in [5, 5.41) is 0. The predicted molar refractivity (Wildman–Crippen MR) is 79.5 cm³/mol. The molecule has 0 saturated heterocycles. The molecule has 0 radical (unpaired) electrons. The number of carbonyl (C=O) groups is 1. The fourth-order valence-electron chi connectivity index (χ4n) is 2.29. The lowest BCUT2D eigenvalue weighted by atomic mass is 9.85. The number of hydrazine groups is 1. The minimum absolute atomic E-state index is 0.356. The van der Waals surface area contributed by atoms with E-state index in [4.69, 9.17) is 11.6 Å². The largest absolute Gasteiger partial charge is 0.317 e. The monoisotopic (exact) mass is 269 g/mol. The van der Waals surface area contributed by atoms with Crippen molar-refractivity contribution in [1.82, 2.24) is 5.43 Å². The van der Waals surface area contributed by atoms with Crippen molar-refractivity contribution < 1.29 is 4.79 Å². The first-order valence-electron chi connectivity index (χ1n) is 6.52. The van der Waals surface area contributed by atoms with Crippen molar-refractivity contribution in [3.8, 4) is 0 Å². The fraction of sp³-hybridized carbons (Fsp3) is 0.188. The number of nitrogens with one attached hydrogen (secondary N) is 1. The summed E-state index contributed by atoms with van der Waals surface area (Å²) in [6, 6.07) is 19.4. The predicted octanol–water partition coefficient (Wildman–Crippen LogP) is 1.16. The van der Waals surface area contributed by atoms with Gasteiger partial charge in [0.25, 0.3) is 5.91 Å². The van der Waals surface area contributed by atoms with Gasteiger partial charge in [-0.25, -0.2) is 5.84 Å².